The third-order valence-electron chi connectivity index (χ3n) is 6.07. The van der Waals surface area contributed by atoms with E-state index < -0.39 is 9.84 Å². The Morgan fingerprint density at radius 1 is 1.15 bits per heavy atom. The molecule has 1 saturated heterocycles. The molecule has 8 heteroatoms. The first-order valence-electron chi connectivity index (χ1n) is 11.1. The molecule has 1 aromatic heterocycles. The molecule has 4 rings (SSSR count). The van der Waals surface area contributed by atoms with Crippen molar-refractivity contribution in [3.63, 3.8) is 0 Å². The minimum Gasteiger partial charge on any atom is -0.341 e. The van der Waals surface area contributed by atoms with Crippen molar-refractivity contribution < 1.29 is 13.2 Å². The van der Waals surface area contributed by atoms with Gasteiger partial charge < -0.3 is 4.90 Å². The number of amides is 1. The number of carbonyl (C=O) groups is 1. The lowest BCUT2D eigenvalue weighted by Gasteiger charge is -2.23. The molecule has 1 fully saturated rings. The van der Waals surface area contributed by atoms with Gasteiger partial charge in [0.15, 0.2) is 15.0 Å². The van der Waals surface area contributed by atoms with Crippen molar-refractivity contribution in [1.29, 1.82) is 0 Å². The van der Waals surface area contributed by atoms with Crippen LogP contribution in [0.2, 0.25) is 0 Å². The summed E-state index contributed by atoms with van der Waals surface area (Å²) in [5, 5.41) is 0.739. The highest BCUT2D eigenvalue weighted by Crippen LogP contribution is 2.33. The number of hydrogen-bond donors (Lipinski definition) is 0. The molecule has 1 atom stereocenters. The number of aromatic nitrogens is 2. The second kappa shape index (κ2) is 9.73. The second-order valence-electron chi connectivity index (χ2n) is 8.69. The number of carbonyl (C=O) groups excluding carboxylic acids is 1. The van der Waals surface area contributed by atoms with Gasteiger partial charge in [-0.15, -0.1) is 0 Å². The van der Waals surface area contributed by atoms with Crippen LogP contribution in [0.1, 0.15) is 31.7 Å². The maximum Gasteiger partial charge on any atom is 0.233 e. The van der Waals surface area contributed by atoms with Crippen molar-refractivity contribution in [2.24, 2.45) is 0 Å². The first-order valence-corrected chi connectivity index (χ1v) is 13.9. The van der Waals surface area contributed by atoms with Crippen LogP contribution < -0.4 is 0 Å². The zero-order chi connectivity index (χ0) is 23.6. The van der Waals surface area contributed by atoms with Crippen molar-refractivity contribution in [3.8, 4) is 16.9 Å². The largest absolute Gasteiger partial charge is 0.341 e. The van der Waals surface area contributed by atoms with Gasteiger partial charge in [-0.25, -0.2) is 13.4 Å². The maximum absolute atomic E-state index is 12.9. The van der Waals surface area contributed by atoms with Crippen LogP contribution in [0.15, 0.2) is 66.0 Å². The Balaban J connectivity index is 1.64. The van der Waals surface area contributed by atoms with E-state index in [0.717, 1.165) is 22.1 Å². The zero-order valence-corrected chi connectivity index (χ0v) is 20.8. The van der Waals surface area contributed by atoms with Crippen LogP contribution in [0.25, 0.3) is 16.9 Å². The van der Waals surface area contributed by atoms with Crippen LogP contribution in [-0.4, -0.2) is 59.1 Å². The predicted molar refractivity (Wildman–Crippen MR) is 134 cm³/mol. The average molecular weight is 484 g/mol. The molecule has 6 nitrogen and oxygen atoms in total. The second-order valence-corrected chi connectivity index (χ2v) is 11.9. The standard InChI is InChI=1S/C25H29N3O3S2/c1-18(2)21-11-7-8-12-22(21)28-23(19-9-5-4-6-10-19)15-26-25(28)32-16-24(29)27(3)20-13-14-33(30,31)17-20/h4-12,15,18,20H,13-14,16-17H2,1-3H3. The first-order chi connectivity index (χ1) is 15.8. The van der Waals surface area contributed by atoms with E-state index in [-0.39, 0.29) is 29.2 Å². The summed E-state index contributed by atoms with van der Waals surface area (Å²) < 4.78 is 25.8. The van der Waals surface area contributed by atoms with E-state index in [1.165, 1.54) is 17.3 Å². The Morgan fingerprint density at radius 2 is 1.85 bits per heavy atom. The third-order valence-corrected chi connectivity index (χ3v) is 8.76. The minimum atomic E-state index is -3.04. The van der Waals surface area contributed by atoms with Gasteiger partial charge in [0.2, 0.25) is 5.91 Å². The number of rotatable bonds is 7. The number of imidazole rings is 1. The summed E-state index contributed by atoms with van der Waals surface area (Å²) in [6.45, 7) is 4.33. The molecule has 0 spiro atoms. The molecule has 0 bridgehead atoms. The summed E-state index contributed by atoms with van der Waals surface area (Å²) in [6, 6.07) is 18.1. The molecule has 33 heavy (non-hydrogen) atoms. The molecule has 0 aliphatic carbocycles. The Hall–Kier alpha value is -2.58. The summed E-state index contributed by atoms with van der Waals surface area (Å²) in [7, 11) is -1.34. The summed E-state index contributed by atoms with van der Waals surface area (Å²) in [5.74, 6) is 0.632. The number of benzene rings is 2. The Labute approximate surface area is 199 Å². The van der Waals surface area contributed by atoms with Crippen molar-refractivity contribution in [3.05, 3.63) is 66.4 Å². The Kier molecular flexibility index (Phi) is 6.95. The van der Waals surface area contributed by atoms with E-state index in [1.807, 2.05) is 36.5 Å². The van der Waals surface area contributed by atoms with Crippen LogP contribution in [0.4, 0.5) is 0 Å². The molecule has 0 saturated carbocycles. The number of nitrogens with zero attached hydrogens (tertiary/aromatic N) is 3. The molecule has 1 unspecified atom stereocenters. The van der Waals surface area contributed by atoms with E-state index >= 15 is 0 Å². The van der Waals surface area contributed by atoms with Gasteiger partial charge in [-0.1, -0.05) is 74.1 Å². The fourth-order valence-electron chi connectivity index (χ4n) is 4.17. The van der Waals surface area contributed by atoms with E-state index in [4.69, 9.17) is 0 Å². The SMILES string of the molecule is CC(C)c1ccccc1-n1c(-c2ccccc2)cnc1SCC(=O)N(C)C1CCS(=O)(=O)C1. The van der Waals surface area contributed by atoms with Crippen molar-refractivity contribution in [1.82, 2.24) is 14.5 Å². The lowest BCUT2D eigenvalue weighted by Crippen LogP contribution is -2.38. The lowest BCUT2D eigenvalue weighted by molar-refractivity contribution is -0.128. The average Bonchev–Trinajstić information content (AvgIpc) is 3.40. The monoisotopic (exact) mass is 483 g/mol. The first kappa shape index (κ1) is 23.6. The predicted octanol–water partition coefficient (Wildman–Crippen LogP) is 4.40. The van der Waals surface area contributed by atoms with E-state index in [0.29, 0.717) is 12.3 Å². The molecular formula is C25H29N3O3S2. The molecule has 1 aliphatic rings. The van der Waals surface area contributed by atoms with E-state index in [1.54, 1.807) is 11.9 Å². The van der Waals surface area contributed by atoms with Crippen molar-refractivity contribution in [2.75, 3.05) is 24.3 Å². The minimum absolute atomic E-state index is 0.0501. The van der Waals surface area contributed by atoms with E-state index in [9.17, 15) is 13.2 Å². The van der Waals surface area contributed by atoms with Gasteiger partial charge in [-0.2, -0.15) is 0 Å². The molecule has 0 radical (unpaired) electrons. The number of hydrogen-bond acceptors (Lipinski definition) is 5. The Morgan fingerprint density at radius 3 is 2.52 bits per heavy atom. The molecule has 174 valence electrons. The molecule has 2 aromatic carbocycles. The third kappa shape index (κ3) is 5.17. The van der Waals surface area contributed by atoms with Crippen LogP contribution in [0.3, 0.4) is 0 Å². The van der Waals surface area contributed by atoms with Gasteiger partial charge in [0, 0.05) is 18.7 Å². The smallest absolute Gasteiger partial charge is 0.233 e. The van der Waals surface area contributed by atoms with Gasteiger partial charge in [-0.05, 0) is 24.0 Å². The van der Waals surface area contributed by atoms with Crippen LogP contribution in [0.5, 0.6) is 0 Å². The van der Waals surface area contributed by atoms with Gasteiger partial charge in [0.25, 0.3) is 0 Å². The molecule has 1 amide bonds. The van der Waals surface area contributed by atoms with Crippen LogP contribution in [-0.2, 0) is 14.6 Å². The van der Waals surface area contributed by atoms with Gasteiger partial charge in [-0.3, -0.25) is 9.36 Å². The highest BCUT2D eigenvalue weighted by molar-refractivity contribution is 7.99. The van der Waals surface area contributed by atoms with Gasteiger partial charge in [0.1, 0.15) is 0 Å². The molecule has 0 N–H and O–H groups in total. The Bertz CT molecular complexity index is 1240. The zero-order valence-electron chi connectivity index (χ0n) is 19.1. The summed E-state index contributed by atoms with van der Waals surface area (Å²) in [4.78, 5) is 19.2. The fourth-order valence-corrected chi connectivity index (χ4v) is 6.86. The van der Waals surface area contributed by atoms with Crippen molar-refractivity contribution >= 4 is 27.5 Å². The summed E-state index contributed by atoms with van der Waals surface area (Å²) in [6.07, 6.45) is 2.36. The van der Waals surface area contributed by atoms with E-state index in [2.05, 4.69) is 47.7 Å². The normalized spacial score (nSPS) is 17.4. The van der Waals surface area contributed by atoms with Crippen molar-refractivity contribution in [2.45, 2.75) is 37.4 Å². The summed E-state index contributed by atoms with van der Waals surface area (Å²) >= 11 is 1.38. The van der Waals surface area contributed by atoms with Gasteiger partial charge in [0.05, 0.1) is 34.8 Å². The van der Waals surface area contributed by atoms with Crippen LogP contribution in [0, 0.1) is 0 Å². The highest BCUT2D eigenvalue weighted by Gasteiger charge is 2.32. The molecule has 3 aromatic rings. The lowest BCUT2D eigenvalue weighted by atomic mass is 10.0. The molecule has 1 aliphatic heterocycles. The molecular weight excluding hydrogens is 454 g/mol. The maximum atomic E-state index is 12.9. The fraction of sp³-hybridized carbons (Fsp3) is 0.360. The quantitative estimate of drug-likeness (QED) is 0.466. The number of sulfone groups is 1. The van der Waals surface area contributed by atoms with Gasteiger partial charge >= 0.3 is 0 Å². The number of para-hydroxylation sites is 1. The molecule has 2 heterocycles. The number of thioether (sulfide) groups is 1. The highest BCUT2D eigenvalue weighted by atomic mass is 32.2. The summed E-state index contributed by atoms with van der Waals surface area (Å²) in [5.41, 5.74) is 4.27. The topological polar surface area (TPSA) is 72.3 Å². The van der Waals surface area contributed by atoms with Crippen LogP contribution >= 0.6 is 11.8 Å².